The number of carbonyl (C=O) groups excluding carboxylic acids is 1. The van der Waals surface area contributed by atoms with Gasteiger partial charge in [-0.1, -0.05) is 0 Å². The van der Waals surface area contributed by atoms with Gasteiger partial charge in [0.25, 0.3) is 0 Å². The van der Waals surface area contributed by atoms with Crippen molar-refractivity contribution in [1.29, 1.82) is 0 Å². The van der Waals surface area contributed by atoms with Crippen molar-refractivity contribution in [3.05, 3.63) is 0 Å². The molecule has 0 radical (unpaired) electrons. The van der Waals surface area contributed by atoms with E-state index in [0.29, 0.717) is 12.8 Å². The first kappa shape index (κ1) is 14.7. The molecule has 1 fully saturated rings. The van der Waals surface area contributed by atoms with Crippen LogP contribution in [-0.4, -0.2) is 61.1 Å². The predicted octanol–water partition coefficient (Wildman–Crippen LogP) is -0.320. The van der Waals surface area contributed by atoms with Crippen molar-refractivity contribution in [2.45, 2.75) is 25.0 Å². The highest BCUT2D eigenvalue weighted by Crippen LogP contribution is 2.18. The van der Waals surface area contributed by atoms with Gasteiger partial charge >= 0.3 is 12.0 Å². The van der Waals surface area contributed by atoms with Gasteiger partial charge in [0.15, 0.2) is 9.84 Å². The van der Waals surface area contributed by atoms with Gasteiger partial charge in [0, 0.05) is 13.1 Å². The highest BCUT2D eigenvalue weighted by molar-refractivity contribution is 7.92. The first-order valence-electron chi connectivity index (χ1n) is 5.83. The van der Waals surface area contributed by atoms with Crippen LogP contribution in [0.15, 0.2) is 0 Å². The molecule has 1 rings (SSSR count). The van der Waals surface area contributed by atoms with E-state index < -0.39 is 27.1 Å². The molecule has 7 nitrogen and oxygen atoms in total. The maximum absolute atomic E-state index is 11.6. The molecule has 2 N–H and O–H groups in total. The molecule has 18 heavy (non-hydrogen) atoms. The average molecular weight is 278 g/mol. The fourth-order valence-electron chi connectivity index (χ4n) is 1.89. The number of aliphatic carboxylic acids is 1. The number of carboxylic acid groups (broad SMARTS) is 1. The van der Waals surface area contributed by atoms with Gasteiger partial charge in [-0.25, -0.2) is 13.2 Å². The van der Waals surface area contributed by atoms with Crippen molar-refractivity contribution < 1.29 is 23.1 Å². The van der Waals surface area contributed by atoms with Gasteiger partial charge in [0.2, 0.25) is 0 Å². The molecule has 1 atom stereocenters. The van der Waals surface area contributed by atoms with Crippen LogP contribution >= 0.6 is 0 Å². The second kappa shape index (κ2) is 6.03. The number of sulfone groups is 1. The molecule has 0 bridgehead atoms. The van der Waals surface area contributed by atoms with Crippen molar-refractivity contribution in [1.82, 2.24) is 10.2 Å². The number of amides is 2. The summed E-state index contributed by atoms with van der Waals surface area (Å²) in [6, 6.07) is -0.540. The van der Waals surface area contributed by atoms with E-state index in [1.165, 1.54) is 0 Å². The third-order valence-electron chi connectivity index (χ3n) is 2.94. The number of nitrogens with zero attached hydrogens (tertiary/aromatic N) is 1. The average Bonchev–Trinajstić information content (AvgIpc) is 2.61. The number of hydrogen-bond donors (Lipinski definition) is 2. The normalized spacial score (nSPS) is 21.5. The van der Waals surface area contributed by atoms with Crippen molar-refractivity contribution in [3.8, 4) is 0 Å². The third-order valence-corrected chi connectivity index (χ3v) is 5.21. The lowest BCUT2D eigenvalue weighted by atomic mass is 10.2. The molecule has 0 saturated carbocycles. The van der Waals surface area contributed by atoms with Gasteiger partial charge in [-0.15, -0.1) is 0 Å². The fourth-order valence-corrected chi connectivity index (χ4v) is 3.66. The summed E-state index contributed by atoms with van der Waals surface area (Å²) in [5, 5.41) is 10.6. The number of likely N-dealkylation sites (N-methyl/N-ethyl adjacent to an activating group) is 1. The Morgan fingerprint density at radius 2 is 2.11 bits per heavy atom. The van der Waals surface area contributed by atoms with Crippen molar-refractivity contribution >= 4 is 21.8 Å². The van der Waals surface area contributed by atoms with Gasteiger partial charge in [-0.2, -0.15) is 0 Å². The minimum atomic E-state index is -3.09. The van der Waals surface area contributed by atoms with Crippen LogP contribution in [0, 0.1) is 0 Å². The molecule has 8 heteroatoms. The molecule has 104 valence electrons. The minimum Gasteiger partial charge on any atom is -0.480 e. The Hall–Kier alpha value is -1.31. The van der Waals surface area contributed by atoms with Crippen LogP contribution in [0.5, 0.6) is 0 Å². The quantitative estimate of drug-likeness (QED) is 0.717. The second-order valence-electron chi connectivity index (χ2n) is 4.23. The SMILES string of the molecule is CCN(CC(=O)O)C(=O)NCC1CCCS1(=O)=O. The third kappa shape index (κ3) is 3.86. The largest absolute Gasteiger partial charge is 0.480 e. The maximum atomic E-state index is 11.6. The smallest absolute Gasteiger partial charge is 0.323 e. The van der Waals surface area contributed by atoms with Crippen molar-refractivity contribution in [3.63, 3.8) is 0 Å². The Morgan fingerprint density at radius 1 is 1.44 bits per heavy atom. The predicted molar refractivity (Wildman–Crippen MR) is 65.1 cm³/mol. The molecule has 2 amide bonds. The van der Waals surface area contributed by atoms with E-state index in [1.54, 1.807) is 6.92 Å². The Kier molecular flexibility index (Phi) is 4.94. The molecule has 1 saturated heterocycles. The second-order valence-corrected chi connectivity index (χ2v) is 6.63. The van der Waals surface area contributed by atoms with Gasteiger partial charge in [-0.05, 0) is 19.8 Å². The lowest BCUT2D eigenvalue weighted by molar-refractivity contribution is -0.137. The van der Waals surface area contributed by atoms with Crippen LogP contribution in [-0.2, 0) is 14.6 Å². The zero-order valence-electron chi connectivity index (χ0n) is 10.3. The number of hydrogen-bond acceptors (Lipinski definition) is 4. The first-order valence-corrected chi connectivity index (χ1v) is 7.54. The number of nitrogens with one attached hydrogen (secondary N) is 1. The summed E-state index contributed by atoms with van der Waals surface area (Å²) in [5.41, 5.74) is 0. The van der Waals surface area contributed by atoms with Crippen LogP contribution in [0.3, 0.4) is 0 Å². The lowest BCUT2D eigenvalue weighted by Crippen LogP contribution is -2.45. The number of carboxylic acids is 1. The van der Waals surface area contributed by atoms with E-state index in [0.717, 1.165) is 4.90 Å². The van der Waals surface area contributed by atoms with E-state index in [4.69, 9.17) is 5.11 Å². The van der Waals surface area contributed by atoms with E-state index in [1.807, 2.05) is 0 Å². The molecule has 0 aromatic rings. The van der Waals surface area contributed by atoms with Crippen LogP contribution in [0.2, 0.25) is 0 Å². The van der Waals surface area contributed by atoms with Crippen molar-refractivity contribution in [2.75, 3.05) is 25.4 Å². The highest BCUT2D eigenvalue weighted by atomic mass is 32.2. The Morgan fingerprint density at radius 3 is 2.56 bits per heavy atom. The van der Waals surface area contributed by atoms with Gasteiger partial charge in [0.05, 0.1) is 11.0 Å². The summed E-state index contributed by atoms with van der Waals surface area (Å²) < 4.78 is 23.1. The number of rotatable bonds is 5. The lowest BCUT2D eigenvalue weighted by Gasteiger charge is -2.20. The van der Waals surface area contributed by atoms with Crippen molar-refractivity contribution in [2.24, 2.45) is 0 Å². The summed E-state index contributed by atoms with van der Waals surface area (Å²) in [6.45, 7) is 1.58. The zero-order chi connectivity index (χ0) is 13.8. The van der Waals surface area contributed by atoms with Crippen LogP contribution in [0.1, 0.15) is 19.8 Å². The molecule has 1 heterocycles. The summed E-state index contributed by atoms with van der Waals surface area (Å²) in [7, 11) is -3.09. The Labute approximate surface area is 106 Å². The molecular formula is C10H18N2O5S. The number of carbonyl (C=O) groups is 2. The monoisotopic (exact) mass is 278 g/mol. The summed E-state index contributed by atoms with van der Waals surface area (Å²) >= 11 is 0. The summed E-state index contributed by atoms with van der Waals surface area (Å²) in [4.78, 5) is 23.3. The fraction of sp³-hybridized carbons (Fsp3) is 0.800. The zero-order valence-corrected chi connectivity index (χ0v) is 11.1. The molecule has 0 aliphatic carbocycles. The van der Waals surface area contributed by atoms with E-state index in [-0.39, 0.29) is 25.4 Å². The Balaban J connectivity index is 2.47. The van der Waals surface area contributed by atoms with E-state index in [2.05, 4.69) is 5.32 Å². The van der Waals surface area contributed by atoms with Crippen LogP contribution in [0.25, 0.3) is 0 Å². The van der Waals surface area contributed by atoms with Crippen LogP contribution < -0.4 is 5.32 Å². The maximum Gasteiger partial charge on any atom is 0.323 e. The minimum absolute atomic E-state index is 0.0529. The molecule has 1 aliphatic rings. The first-order chi connectivity index (χ1) is 8.36. The van der Waals surface area contributed by atoms with Gasteiger partial charge < -0.3 is 15.3 Å². The molecule has 0 aromatic heterocycles. The molecule has 1 unspecified atom stereocenters. The van der Waals surface area contributed by atoms with E-state index >= 15 is 0 Å². The number of urea groups is 1. The Bertz CT molecular complexity index is 420. The standard InChI is InChI=1S/C10H18N2O5S/c1-2-12(7-9(13)14)10(15)11-6-8-4-3-5-18(8,16)17/h8H,2-7H2,1H3,(H,11,15)(H,13,14). The topological polar surface area (TPSA) is 104 Å². The molecule has 0 spiro atoms. The molecule has 1 aliphatic heterocycles. The molecular weight excluding hydrogens is 260 g/mol. The van der Waals surface area contributed by atoms with E-state index in [9.17, 15) is 18.0 Å². The van der Waals surface area contributed by atoms with Gasteiger partial charge in [0.1, 0.15) is 6.54 Å². The van der Waals surface area contributed by atoms with Crippen LogP contribution in [0.4, 0.5) is 4.79 Å². The molecule has 0 aromatic carbocycles. The van der Waals surface area contributed by atoms with Gasteiger partial charge in [-0.3, -0.25) is 4.79 Å². The highest BCUT2D eigenvalue weighted by Gasteiger charge is 2.31. The summed E-state index contributed by atoms with van der Waals surface area (Å²) in [5.74, 6) is -0.930. The summed E-state index contributed by atoms with van der Waals surface area (Å²) in [6.07, 6.45) is 1.17.